The molecule has 30 heavy (non-hydrogen) atoms. The standard InChI is InChI=1S/C22H29N5O3/c1-14(2)22(30)26-10-5-6-17-7-8-18(13-19(17)26)24-21(29)20(28)23-9-11-27-16(4)12-15(3)25-27/h7-8,12-14H,5-6,9-11H2,1-4H3,(H,23,28)(H,24,29). The number of hydrogen-bond donors (Lipinski definition) is 2. The number of fused-ring (bicyclic) bond motifs is 1. The Kier molecular flexibility index (Phi) is 6.54. The molecule has 1 aromatic carbocycles. The van der Waals surface area contributed by atoms with Crippen LogP contribution in [-0.2, 0) is 27.3 Å². The molecule has 2 N–H and O–H groups in total. The van der Waals surface area contributed by atoms with Gasteiger partial charge in [0.25, 0.3) is 0 Å². The van der Waals surface area contributed by atoms with E-state index < -0.39 is 11.8 Å². The molecule has 0 saturated heterocycles. The molecule has 0 radical (unpaired) electrons. The van der Waals surface area contributed by atoms with E-state index in [9.17, 15) is 14.4 Å². The van der Waals surface area contributed by atoms with Gasteiger partial charge in [-0.2, -0.15) is 5.10 Å². The van der Waals surface area contributed by atoms with Crippen LogP contribution in [0.1, 0.15) is 37.2 Å². The highest BCUT2D eigenvalue weighted by molar-refractivity contribution is 6.39. The summed E-state index contributed by atoms with van der Waals surface area (Å²) in [6.45, 7) is 9.05. The number of nitrogens with zero attached hydrogens (tertiary/aromatic N) is 3. The average molecular weight is 412 g/mol. The van der Waals surface area contributed by atoms with Crippen LogP contribution in [0, 0.1) is 19.8 Å². The molecule has 8 nitrogen and oxygen atoms in total. The van der Waals surface area contributed by atoms with Gasteiger partial charge in [-0.15, -0.1) is 0 Å². The van der Waals surface area contributed by atoms with Crippen LogP contribution in [0.5, 0.6) is 0 Å². The number of rotatable bonds is 5. The third kappa shape index (κ3) is 4.87. The van der Waals surface area contributed by atoms with Crippen LogP contribution in [0.4, 0.5) is 11.4 Å². The van der Waals surface area contributed by atoms with Crippen molar-refractivity contribution in [3.05, 3.63) is 41.2 Å². The highest BCUT2D eigenvalue weighted by atomic mass is 16.2. The largest absolute Gasteiger partial charge is 0.346 e. The van der Waals surface area contributed by atoms with Crippen molar-refractivity contribution < 1.29 is 14.4 Å². The lowest BCUT2D eigenvalue weighted by Gasteiger charge is -2.31. The summed E-state index contributed by atoms with van der Waals surface area (Å²) in [4.78, 5) is 38.8. The van der Waals surface area contributed by atoms with E-state index in [0.29, 0.717) is 25.3 Å². The molecular formula is C22H29N5O3. The number of anilines is 2. The highest BCUT2D eigenvalue weighted by Crippen LogP contribution is 2.31. The van der Waals surface area contributed by atoms with Gasteiger partial charge in [0.1, 0.15) is 0 Å². The quantitative estimate of drug-likeness (QED) is 0.737. The second kappa shape index (κ2) is 9.11. The van der Waals surface area contributed by atoms with Gasteiger partial charge in [-0.1, -0.05) is 19.9 Å². The number of aryl methyl sites for hydroxylation is 3. The molecule has 0 unspecified atom stereocenters. The molecule has 160 valence electrons. The SMILES string of the molecule is Cc1cc(C)n(CCNC(=O)C(=O)Nc2ccc3c(c2)N(C(=O)C(C)C)CCC3)n1. The van der Waals surface area contributed by atoms with E-state index in [2.05, 4.69) is 15.7 Å². The van der Waals surface area contributed by atoms with Gasteiger partial charge in [-0.3, -0.25) is 19.1 Å². The van der Waals surface area contributed by atoms with E-state index in [-0.39, 0.29) is 11.8 Å². The van der Waals surface area contributed by atoms with Gasteiger partial charge < -0.3 is 15.5 Å². The number of benzene rings is 1. The van der Waals surface area contributed by atoms with Crippen molar-refractivity contribution in [2.45, 2.75) is 47.1 Å². The van der Waals surface area contributed by atoms with Crippen molar-refractivity contribution in [2.24, 2.45) is 5.92 Å². The Morgan fingerprint density at radius 1 is 1.13 bits per heavy atom. The van der Waals surface area contributed by atoms with E-state index >= 15 is 0 Å². The molecule has 0 spiro atoms. The Morgan fingerprint density at radius 3 is 2.57 bits per heavy atom. The minimum absolute atomic E-state index is 0.0568. The molecular weight excluding hydrogens is 382 g/mol. The zero-order valence-corrected chi connectivity index (χ0v) is 18.0. The number of aromatic nitrogens is 2. The first kappa shape index (κ1) is 21.5. The second-order valence-electron chi connectivity index (χ2n) is 7.95. The molecule has 0 fully saturated rings. The summed E-state index contributed by atoms with van der Waals surface area (Å²) in [6.07, 6.45) is 1.80. The lowest BCUT2D eigenvalue weighted by Crippen LogP contribution is -2.38. The van der Waals surface area contributed by atoms with Crippen LogP contribution < -0.4 is 15.5 Å². The van der Waals surface area contributed by atoms with Gasteiger partial charge in [0.15, 0.2) is 0 Å². The van der Waals surface area contributed by atoms with E-state index in [4.69, 9.17) is 0 Å². The maximum Gasteiger partial charge on any atom is 0.313 e. The fourth-order valence-electron chi connectivity index (χ4n) is 3.64. The Morgan fingerprint density at radius 2 is 1.90 bits per heavy atom. The summed E-state index contributed by atoms with van der Waals surface area (Å²) in [5, 5.41) is 9.58. The van der Waals surface area contributed by atoms with E-state index in [1.165, 1.54) is 0 Å². The molecule has 0 atom stereocenters. The summed E-state index contributed by atoms with van der Waals surface area (Å²) in [6, 6.07) is 7.41. The first-order chi connectivity index (χ1) is 14.3. The summed E-state index contributed by atoms with van der Waals surface area (Å²) in [5.41, 5.74) is 4.29. The van der Waals surface area contributed by atoms with Crippen LogP contribution in [0.25, 0.3) is 0 Å². The summed E-state index contributed by atoms with van der Waals surface area (Å²) < 4.78 is 1.79. The molecule has 0 bridgehead atoms. The van der Waals surface area contributed by atoms with E-state index in [1.807, 2.05) is 39.8 Å². The summed E-state index contributed by atoms with van der Waals surface area (Å²) in [7, 11) is 0. The van der Waals surface area contributed by atoms with Crippen LogP contribution in [0.15, 0.2) is 24.3 Å². The van der Waals surface area contributed by atoms with Gasteiger partial charge in [-0.25, -0.2) is 0 Å². The minimum Gasteiger partial charge on any atom is -0.346 e. The monoisotopic (exact) mass is 411 g/mol. The molecule has 0 aliphatic carbocycles. The van der Waals surface area contributed by atoms with Crippen LogP contribution in [0.2, 0.25) is 0 Å². The normalized spacial score (nSPS) is 13.2. The summed E-state index contributed by atoms with van der Waals surface area (Å²) in [5.74, 6) is -1.49. The van der Waals surface area contributed by atoms with Crippen molar-refractivity contribution in [3.8, 4) is 0 Å². The topological polar surface area (TPSA) is 96.3 Å². The zero-order chi connectivity index (χ0) is 21.8. The lowest BCUT2D eigenvalue weighted by atomic mass is 9.99. The van der Waals surface area contributed by atoms with Crippen LogP contribution in [-0.4, -0.2) is 40.6 Å². The first-order valence-electron chi connectivity index (χ1n) is 10.3. The second-order valence-corrected chi connectivity index (χ2v) is 7.95. The van der Waals surface area contributed by atoms with Gasteiger partial charge in [0.05, 0.1) is 12.2 Å². The van der Waals surface area contributed by atoms with Crippen molar-refractivity contribution in [2.75, 3.05) is 23.3 Å². The zero-order valence-electron chi connectivity index (χ0n) is 18.0. The maximum atomic E-state index is 12.5. The fourth-order valence-corrected chi connectivity index (χ4v) is 3.64. The van der Waals surface area contributed by atoms with E-state index in [1.54, 1.807) is 21.7 Å². The lowest BCUT2D eigenvalue weighted by molar-refractivity contribution is -0.136. The molecule has 3 rings (SSSR count). The molecule has 1 aromatic heterocycles. The van der Waals surface area contributed by atoms with Crippen molar-refractivity contribution in [1.29, 1.82) is 0 Å². The van der Waals surface area contributed by atoms with Crippen molar-refractivity contribution >= 4 is 29.1 Å². The Balaban J connectivity index is 1.61. The Labute approximate surface area is 176 Å². The molecule has 2 aromatic rings. The highest BCUT2D eigenvalue weighted by Gasteiger charge is 2.25. The maximum absolute atomic E-state index is 12.5. The number of carbonyl (C=O) groups excluding carboxylic acids is 3. The van der Waals surface area contributed by atoms with Gasteiger partial charge >= 0.3 is 11.8 Å². The Hall–Kier alpha value is -3.16. The number of amides is 3. The van der Waals surface area contributed by atoms with E-state index in [0.717, 1.165) is 35.5 Å². The minimum atomic E-state index is -0.735. The summed E-state index contributed by atoms with van der Waals surface area (Å²) >= 11 is 0. The van der Waals surface area contributed by atoms with Crippen LogP contribution >= 0.6 is 0 Å². The smallest absolute Gasteiger partial charge is 0.313 e. The number of hydrogen-bond acceptors (Lipinski definition) is 4. The fraction of sp³-hybridized carbons (Fsp3) is 0.455. The Bertz CT molecular complexity index is 964. The predicted octanol–water partition coefficient (Wildman–Crippen LogP) is 2.19. The van der Waals surface area contributed by atoms with Crippen molar-refractivity contribution in [1.82, 2.24) is 15.1 Å². The average Bonchev–Trinajstić information content (AvgIpc) is 3.03. The third-order valence-electron chi connectivity index (χ3n) is 5.14. The van der Waals surface area contributed by atoms with Gasteiger partial charge in [0.2, 0.25) is 5.91 Å². The molecule has 3 amide bonds. The third-order valence-corrected chi connectivity index (χ3v) is 5.14. The molecule has 1 aliphatic rings. The number of carbonyl (C=O) groups is 3. The van der Waals surface area contributed by atoms with Gasteiger partial charge in [-0.05, 0) is 50.5 Å². The van der Waals surface area contributed by atoms with Gasteiger partial charge in [0, 0.05) is 36.1 Å². The van der Waals surface area contributed by atoms with Crippen molar-refractivity contribution in [3.63, 3.8) is 0 Å². The molecule has 1 aliphatic heterocycles. The predicted molar refractivity (Wildman–Crippen MR) is 115 cm³/mol. The molecule has 0 saturated carbocycles. The van der Waals surface area contributed by atoms with Crippen LogP contribution in [0.3, 0.4) is 0 Å². The number of nitrogens with one attached hydrogen (secondary N) is 2. The molecule has 8 heteroatoms. The first-order valence-corrected chi connectivity index (χ1v) is 10.3. The molecule has 2 heterocycles.